The first-order valence-electron chi connectivity index (χ1n) is 8.17. The summed E-state index contributed by atoms with van der Waals surface area (Å²) in [5, 5.41) is 0. The second-order valence-electron chi connectivity index (χ2n) is 6.15. The van der Waals surface area contributed by atoms with Gasteiger partial charge in [0.25, 0.3) is 5.91 Å². The second kappa shape index (κ2) is 6.97. The van der Waals surface area contributed by atoms with Gasteiger partial charge in [-0.2, -0.15) is 0 Å². The average Bonchev–Trinajstić information content (AvgIpc) is 2.61. The predicted molar refractivity (Wildman–Crippen MR) is 94.7 cm³/mol. The van der Waals surface area contributed by atoms with Crippen molar-refractivity contribution in [3.8, 4) is 0 Å². The minimum atomic E-state index is -0.0173. The van der Waals surface area contributed by atoms with Gasteiger partial charge in [-0.05, 0) is 26.1 Å². The molecule has 0 spiro atoms. The van der Waals surface area contributed by atoms with Crippen LogP contribution in [0.2, 0.25) is 0 Å². The SMILES string of the molecule is Cc1nc(C(=O)N2CCN(C)CC2)cc(N(C)c2ccccc2)n1. The van der Waals surface area contributed by atoms with Crippen LogP contribution in [0.25, 0.3) is 0 Å². The normalized spacial score (nSPS) is 15.4. The van der Waals surface area contributed by atoms with Crippen LogP contribution in [0.3, 0.4) is 0 Å². The van der Waals surface area contributed by atoms with Gasteiger partial charge in [0.2, 0.25) is 0 Å². The average molecular weight is 325 g/mol. The standard InChI is InChI=1S/C18H23N5O/c1-14-19-16(18(24)23-11-9-21(2)10-12-23)13-17(20-14)22(3)15-7-5-4-6-8-15/h4-8,13H,9-12H2,1-3H3. The van der Waals surface area contributed by atoms with Crippen LogP contribution in [0.5, 0.6) is 0 Å². The highest BCUT2D eigenvalue weighted by atomic mass is 16.2. The van der Waals surface area contributed by atoms with Crippen molar-refractivity contribution in [2.24, 2.45) is 0 Å². The minimum Gasteiger partial charge on any atom is -0.335 e. The van der Waals surface area contributed by atoms with E-state index in [1.807, 2.05) is 54.1 Å². The maximum atomic E-state index is 12.8. The zero-order valence-electron chi connectivity index (χ0n) is 14.4. The summed E-state index contributed by atoms with van der Waals surface area (Å²) < 4.78 is 0. The van der Waals surface area contributed by atoms with Crippen molar-refractivity contribution in [1.29, 1.82) is 0 Å². The first kappa shape index (κ1) is 16.4. The number of likely N-dealkylation sites (N-methyl/N-ethyl adjacent to an activating group) is 1. The number of rotatable bonds is 3. The van der Waals surface area contributed by atoms with Crippen LogP contribution in [-0.2, 0) is 0 Å². The highest BCUT2D eigenvalue weighted by molar-refractivity contribution is 5.93. The van der Waals surface area contributed by atoms with Gasteiger partial charge in [0, 0.05) is 45.0 Å². The molecule has 2 aromatic rings. The summed E-state index contributed by atoms with van der Waals surface area (Å²) in [4.78, 5) is 27.7. The van der Waals surface area contributed by atoms with Crippen LogP contribution >= 0.6 is 0 Å². The molecule has 0 unspecified atom stereocenters. The van der Waals surface area contributed by atoms with Crippen LogP contribution < -0.4 is 4.90 Å². The highest BCUT2D eigenvalue weighted by Crippen LogP contribution is 2.22. The smallest absolute Gasteiger partial charge is 0.272 e. The summed E-state index contributed by atoms with van der Waals surface area (Å²) in [7, 11) is 4.02. The molecule has 3 rings (SSSR count). The number of hydrogen-bond donors (Lipinski definition) is 0. The number of para-hydroxylation sites is 1. The van der Waals surface area contributed by atoms with Crippen LogP contribution in [0.4, 0.5) is 11.5 Å². The highest BCUT2D eigenvalue weighted by Gasteiger charge is 2.22. The molecule has 0 bridgehead atoms. The Bertz CT molecular complexity index is 711. The van der Waals surface area contributed by atoms with Crippen molar-refractivity contribution in [3.05, 3.63) is 47.9 Å². The Hall–Kier alpha value is -2.47. The Morgan fingerprint density at radius 1 is 1.08 bits per heavy atom. The quantitative estimate of drug-likeness (QED) is 0.863. The topological polar surface area (TPSA) is 52.6 Å². The van der Waals surface area contributed by atoms with Crippen molar-refractivity contribution < 1.29 is 4.79 Å². The van der Waals surface area contributed by atoms with E-state index in [9.17, 15) is 4.79 Å². The summed E-state index contributed by atoms with van der Waals surface area (Å²) in [6, 6.07) is 11.7. The van der Waals surface area contributed by atoms with Gasteiger partial charge in [-0.15, -0.1) is 0 Å². The number of aryl methyl sites for hydroxylation is 1. The Balaban J connectivity index is 1.85. The van der Waals surface area contributed by atoms with Gasteiger partial charge in [-0.25, -0.2) is 9.97 Å². The van der Waals surface area contributed by atoms with Crippen molar-refractivity contribution in [2.75, 3.05) is 45.2 Å². The molecule has 0 saturated carbocycles. The molecule has 0 radical (unpaired) electrons. The van der Waals surface area contributed by atoms with E-state index in [4.69, 9.17) is 0 Å². The van der Waals surface area contributed by atoms with Crippen molar-refractivity contribution in [3.63, 3.8) is 0 Å². The first-order valence-corrected chi connectivity index (χ1v) is 8.17. The van der Waals surface area contributed by atoms with Crippen LogP contribution in [0.15, 0.2) is 36.4 Å². The largest absolute Gasteiger partial charge is 0.335 e. The predicted octanol–water partition coefficient (Wildman–Crippen LogP) is 1.94. The lowest BCUT2D eigenvalue weighted by Gasteiger charge is -2.32. The Morgan fingerprint density at radius 2 is 1.75 bits per heavy atom. The van der Waals surface area contributed by atoms with Crippen molar-refractivity contribution in [2.45, 2.75) is 6.92 Å². The van der Waals surface area contributed by atoms with Crippen LogP contribution in [0.1, 0.15) is 16.3 Å². The molecule has 126 valence electrons. The molecule has 1 amide bonds. The van der Waals surface area contributed by atoms with E-state index in [-0.39, 0.29) is 5.91 Å². The molecule has 2 heterocycles. The lowest BCUT2D eigenvalue weighted by atomic mass is 10.2. The number of hydrogen-bond acceptors (Lipinski definition) is 5. The number of aromatic nitrogens is 2. The number of carbonyl (C=O) groups excluding carboxylic acids is 1. The maximum Gasteiger partial charge on any atom is 0.272 e. The van der Waals surface area contributed by atoms with Crippen LogP contribution in [0, 0.1) is 6.92 Å². The molecule has 1 fully saturated rings. The number of benzene rings is 1. The monoisotopic (exact) mass is 325 g/mol. The molecule has 6 heteroatoms. The molecule has 24 heavy (non-hydrogen) atoms. The summed E-state index contributed by atoms with van der Waals surface area (Å²) in [5.74, 6) is 1.32. The minimum absolute atomic E-state index is 0.0173. The fourth-order valence-electron chi connectivity index (χ4n) is 2.79. The fraction of sp³-hybridized carbons (Fsp3) is 0.389. The molecule has 1 aromatic carbocycles. The molecule has 1 aromatic heterocycles. The third-order valence-corrected chi connectivity index (χ3v) is 4.32. The van der Waals surface area contributed by atoms with E-state index in [2.05, 4.69) is 21.9 Å². The van der Waals surface area contributed by atoms with Crippen molar-refractivity contribution in [1.82, 2.24) is 19.8 Å². The Kier molecular flexibility index (Phi) is 4.76. The van der Waals surface area contributed by atoms with Crippen molar-refractivity contribution >= 4 is 17.4 Å². The van der Waals surface area contributed by atoms with Gasteiger partial charge in [0.05, 0.1) is 0 Å². The van der Waals surface area contributed by atoms with E-state index in [0.717, 1.165) is 37.7 Å². The van der Waals surface area contributed by atoms with E-state index >= 15 is 0 Å². The van der Waals surface area contributed by atoms with E-state index in [1.165, 1.54) is 0 Å². The van der Waals surface area contributed by atoms with E-state index in [0.29, 0.717) is 11.5 Å². The number of carbonyl (C=O) groups is 1. The summed E-state index contributed by atoms with van der Waals surface area (Å²) >= 11 is 0. The Labute approximate surface area is 142 Å². The molecule has 1 saturated heterocycles. The molecular weight excluding hydrogens is 302 g/mol. The Morgan fingerprint density at radius 3 is 2.42 bits per heavy atom. The summed E-state index contributed by atoms with van der Waals surface area (Å²) in [6.45, 7) is 5.09. The molecule has 1 aliphatic heterocycles. The molecule has 0 atom stereocenters. The lowest BCUT2D eigenvalue weighted by Crippen LogP contribution is -2.47. The molecule has 0 N–H and O–H groups in total. The summed E-state index contributed by atoms with van der Waals surface area (Å²) in [6.07, 6.45) is 0. The molecule has 1 aliphatic rings. The van der Waals surface area contributed by atoms with E-state index in [1.54, 1.807) is 6.07 Å². The third-order valence-electron chi connectivity index (χ3n) is 4.32. The molecule has 0 aliphatic carbocycles. The zero-order chi connectivity index (χ0) is 17.1. The van der Waals surface area contributed by atoms with Gasteiger partial charge in [0.15, 0.2) is 0 Å². The maximum absolute atomic E-state index is 12.8. The van der Waals surface area contributed by atoms with Crippen LogP contribution in [-0.4, -0.2) is 65.9 Å². The molecular formula is C18H23N5O. The molecule has 6 nitrogen and oxygen atoms in total. The van der Waals surface area contributed by atoms with Gasteiger partial charge in [-0.1, -0.05) is 18.2 Å². The van der Waals surface area contributed by atoms with Gasteiger partial charge in [0.1, 0.15) is 17.3 Å². The zero-order valence-corrected chi connectivity index (χ0v) is 14.4. The van der Waals surface area contributed by atoms with Gasteiger partial charge < -0.3 is 14.7 Å². The number of anilines is 2. The summed E-state index contributed by atoms with van der Waals surface area (Å²) in [5.41, 5.74) is 1.48. The third kappa shape index (κ3) is 3.54. The second-order valence-corrected chi connectivity index (χ2v) is 6.15. The first-order chi connectivity index (χ1) is 11.5. The van der Waals surface area contributed by atoms with Gasteiger partial charge in [-0.3, -0.25) is 4.79 Å². The lowest BCUT2D eigenvalue weighted by molar-refractivity contribution is 0.0658. The van der Waals surface area contributed by atoms with Gasteiger partial charge >= 0.3 is 0 Å². The number of nitrogens with zero attached hydrogens (tertiary/aromatic N) is 5. The number of piperazine rings is 1. The number of amides is 1. The fourth-order valence-corrected chi connectivity index (χ4v) is 2.79. The van der Waals surface area contributed by atoms with E-state index < -0.39 is 0 Å².